The van der Waals surface area contributed by atoms with Crippen molar-refractivity contribution >= 4 is 26.8 Å². The second-order valence-corrected chi connectivity index (χ2v) is 8.93. The number of fused-ring (bicyclic) bond motifs is 1. The van der Waals surface area contributed by atoms with Crippen LogP contribution in [0.4, 0.5) is 5.69 Å². The number of rotatable bonds is 6. The number of sulfonamides is 1. The van der Waals surface area contributed by atoms with E-state index in [2.05, 4.69) is 19.8 Å². The predicted molar refractivity (Wildman–Crippen MR) is 119 cm³/mol. The molecule has 3 aromatic heterocycles. The van der Waals surface area contributed by atoms with E-state index in [0.717, 1.165) is 5.56 Å². The van der Waals surface area contributed by atoms with Gasteiger partial charge in [-0.05, 0) is 42.0 Å². The normalized spacial score (nSPS) is 11.7. The zero-order valence-electron chi connectivity index (χ0n) is 17.3. The molecule has 0 saturated carbocycles. The Morgan fingerprint density at radius 3 is 2.67 bits per heavy atom. The summed E-state index contributed by atoms with van der Waals surface area (Å²) in [6.45, 7) is 0. The monoisotopic (exact) mass is 463 g/mol. The van der Waals surface area contributed by atoms with Gasteiger partial charge in [0.2, 0.25) is 11.7 Å². The lowest BCUT2D eigenvalue weighted by molar-refractivity contribution is 0.386. The molecule has 11 heteroatoms. The van der Waals surface area contributed by atoms with E-state index in [1.54, 1.807) is 48.8 Å². The summed E-state index contributed by atoms with van der Waals surface area (Å²) in [7, 11) is -2.43. The summed E-state index contributed by atoms with van der Waals surface area (Å²) in [5, 5.41) is 3.98. The van der Waals surface area contributed by atoms with Crippen LogP contribution in [0.15, 0.2) is 85.6 Å². The third-order valence-corrected chi connectivity index (χ3v) is 6.45. The van der Waals surface area contributed by atoms with Crippen molar-refractivity contribution in [1.29, 1.82) is 0 Å². The molecule has 10 nitrogen and oxygen atoms in total. The highest BCUT2D eigenvalue weighted by Crippen LogP contribution is 2.25. The quantitative estimate of drug-likeness (QED) is 0.406. The van der Waals surface area contributed by atoms with Crippen LogP contribution in [0.1, 0.15) is 11.5 Å². The Kier molecular flexibility index (Phi) is 5.02. The summed E-state index contributed by atoms with van der Waals surface area (Å²) < 4.78 is 40.4. The van der Waals surface area contributed by atoms with E-state index >= 15 is 0 Å². The van der Waals surface area contributed by atoms with Gasteiger partial charge in [-0.3, -0.25) is 14.3 Å². The average molecular weight is 463 g/mol. The molecule has 0 atom stereocenters. The molecule has 0 aliphatic rings. The number of oxazole rings is 1. The van der Waals surface area contributed by atoms with Crippen molar-refractivity contribution in [2.75, 3.05) is 4.72 Å². The van der Waals surface area contributed by atoms with Gasteiger partial charge < -0.3 is 8.94 Å². The first kappa shape index (κ1) is 20.6. The topological polar surface area (TPSA) is 133 Å². The molecule has 0 fully saturated rings. The van der Waals surface area contributed by atoms with Crippen LogP contribution in [0, 0.1) is 0 Å². The predicted octanol–water partition coefficient (Wildman–Crippen LogP) is 2.97. The lowest BCUT2D eigenvalue weighted by atomic mass is 10.1. The maximum atomic E-state index is 13.1. The Morgan fingerprint density at radius 1 is 1.06 bits per heavy atom. The third-order valence-electron chi connectivity index (χ3n) is 5.08. The number of hydrogen-bond acceptors (Lipinski definition) is 8. The molecular formula is C22H17N5O5S. The fraction of sp³-hybridized carbons (Fsp3) is 0.0909. The van der Waals surface area contributed by atoms with Gasteiger partial charge in [-0.25, -0.2) is 13.2 Å². The molecular weight excluding hydrogens is 446 g/mol. The molecule has 33 heavy (non-hydrogen) atoms. The van der Waals surface area contributed by atoms with Crippen LogP contribution >= 0.6 is 0 Å². The van der Waals surface area contributed by atoms with Crippen LogP contribution in [-0.4, -0.2) is 28.1 Å². The highest BCUT2D eigenvalue weighted by Gasteiger charge is 2.19. The Labute approximate surface area is 187 Å². The molecule has 5 aromatic rings. The van der Waals surface area contributed by atoms with Crippen LogP contribution in [0.2, 0.25) is 0 Å². The van der Waals surface area contributed by atoms with Crippen LogP contribution in [0.5, 0.6) is 0 Å². The number of para-hydroxylation sites is 1. The van der Waals surface area contributed by atoms with E-state index in [0.29, 0.717) is 34.1 Å². The van der Waals surface area contributed by atoms with Crippen molar-refractivity contribution in [3.8, 4) is 11.4 Å². The van der Waals surface area contributed by atoms with E-state index in [-0.39, 0.29) is 11.3 Å². The third kappa shape index (κ3) is 4.01. The number of nitrogens with zero attached hydrogens (tertiary/aromatic N) is 4. The lowest BCUT2D eigenvalue weighted by Crippen LogP contribution is -2.15. The summed E-state index contributed by atoms with van der Waals surface area (Å²) in [5.41, 5.74) is 2.48. The van der Waals surface area contributed by atoms with Crippen LogP contribution in [0.3, 0.4) is 0 Å². The number of pyridine rings is 1. The van der Waals surface area contributed by atoms with Crippen LogP contribution in [0.25, 0.3) is 22.5 Å². The Hall–Kier alpha value is -4.25. The second-order valence-electron chi connectivity index (χ2n) is 7.24. The number of nitrogens with one attached hydrogen (secondary N) is 1. The minimum atomic E-state index is -3.95. The maximum Gasteiger partial charge on any atom is 0.419 e. The average Bonchev–Trinajstić information content (AvgIpc) is 3.40. The standard InChI is InChI=1S/C22H17N5O5S/c1-27-18-13-16(6-7-19(18)31-22(27)28)33(29,30)26-17-5-3-2-4-15(17)12-20-24-21(25-32-20)14-8-10-23-11-9-14/h2-11,13,26H,12H2,1H3. The summed E-state index contributed by atoms with van der Waals surface area (Å²) in [4.78, 5) is 20.1. The summed E-state index contributed by atoms with van der Waals surface area (Å²) in [5.74, 6) is 0.191. The number of aromatic nitrogens is 4. The lowest BCUT2D eigenvalue weighted by Gasteiger charge is -2.12. The number of anilines is 1. The van der Waals surface area contributed by atoms with E-state index in [1.807, 2.05) is 0 Å². The molecule has 0 amide bonds. The molecule has 0 bridgehead atoms. The highest BCUT2D eigenvalue weighted by atomic mass is 32.2. The molecule has 5 rings (SSSR count). The minimum Gasteiger partial charge on any atom is -0.408 e. The Morgan fingerprint density at radius 2 is 1.85 bits per heavy atom. The number of hydrogen-bond donors (Lipinski definition) is 1. The second kappa shape index (κ2) is 8.02. The minimum absolute atomic E-state index is 0.000957. The van der Waals surface area contributed by atoms with Gasteiger partial charge >= 0.3 is 5.76 Å². The fourth-order valence-corrected chi connectivity index (χ4v) is 4.48. The van der Waals surface area contributed by atoms with Crippen molar-refractivity contribution in [2.45, 2.75) is 11.3 Å². The zero-order chi connectivity index (χ0) is 23.0. The first-order valence-corrected chi connectivity index (χ1v) is 11.3. The van der Waals surface area contributed by atoms with Gasteiger partial charge in [-0.2, -0.15) is 4.98 Å². The molecule has 3 heterocycles. The van der Waals surface area contributed by atoms with Gasteiger partial charge in [-0.1, -0.05) is 23.4 Å². The van der Waals surface area contributed by atoms with Gasteiger partial charge in [0.1, 0.15) is 0 Å². The smallest absolute Gasteiger partial charge is 0.408 e. The molecule has 2 aromatic carbocycles. The van der Waals surface area contributed by atoms with Gasteiger partial charge in [0.15, 0.2) is 5.58 Å². The van der Waals surface area contributed by atoms with E-state index in [4.69, 9.17) is 8.94 Å². The first-order chi connectivity index (χ1) is 15.9. The molecule has 0 spiro atoms. The SMILES string of the molecule is Cn1c(=O)oc2ccc(S(=O)(=O)Nc3ccccc3Cc3nc(-c4ccncc4)no3)cc21. The molecule has 0 saturated heterocycles. The van der Waals surface area contributed by atoms with Crippen molar-refractivity contribution in [3.05, 3.63) is 89.0 Å². The van der Waals surface area contributed by atoms with E-state index in [1.165, 1.54) is 29.8 Å². The van der Waals surface area contributed by atoms with Crippen LogP contribution in [-0.2, 0) is 23.5 Å². The van der Waals surface area contributed by atoms with E-state index < -0.39 is 15.8 Å². The van der Waals surface area contributed by atoms with E-state index in [9.17, 15) is 13.2 Å². The zero-order valence-corrected chi connectivity index (χ0v) is 18.1. The molecule has 0 aliphatic heterocycles. The molecule has 0 unspecified atom stereocenters. The van der Waals surface area contributed by atoms with Gasteiger partial charge in [0.05, 0.1) is 22.5 Å². The highest BCUT2D eigenvalue weighted by molar-refractivity contribution is 7.92. The van der Waals surface area contributed by atoms with Crippen molar-refractivity contribution in [2.24, 2.45) is 7.05 Å². The molecule has 0 aliphatic carbocycles. The Balaban J connectivity index is 1.43. The molecule has 0 radical (unpaired) electrons. The maximum absolute atomic E-state index is 13.1. The summed E-state index contributed by atoms with van der Waals surface area (Å²) >= 11 is 0. The van der Waals surface area contributed by atoms with Crippen LogP contribution < -0.4 is 10.5 Å². The van der Waals surface area contributed by atoms with Crippen molar-refractivity contribution < 1.29 is 17.4 Å². The number of aryl methyl sites for hydroxylation is 1. The Bertz CT molecular complexity index is 1620. The molecule has 166 valence electrons. The largest absolute Gasteiger partial charge is 0.419 e. The first-order valence-electron chi connectivity index (χ1n) is 9.84. The van der Waals surface area contributed by atoms with Gasteiger partial charge in [0, 0.05) is 25.0 Å². The van der Waals surface area contributed by atoms with Gasteiger partial charge in [-0.15, -0.1) is 0 Å². The van der Waals surface area contributed by atoms with Gasteiger partial charge in [0.25, 0.3) is 10.0 Å². The van der Waals surface area contributed by atoms with Crippen molar-refractivity contribution in [1.82, 2.24) is 19.7 Å². The molecule has 1 N–H and O–H groups in total. The fourth-order valence-electron chi connectivity index (χ4n) is 3.36. The van der Waals surface area contributed by atoms with Crippen molar-refractivity contribution in [3.63, 3.8) is 0 Å². The number of benzene rings is 2. The summed E-state index contributed by atoms with van der Waals surface area (Å²) in [6, 6.07) is 14.7. The summed E-state index contributed by atoms with van der Waals surface area (Å²) in [6.07, 6.45) is 3.49.